The molecule has 1 aromatic rings. The van der Waals surface area contributed by atoms with Crippen molar-refractivity contribution >= 4 is 17.7 Å². The van der Waals surface area contributed by atoms with Gasteiger partial charge in [-0.05, 0) is 63.8 Å². The number of nitrogens with zero attached hydrogens (tertiary/aromatic N) is 5. The molecule has 0 radical (unpaired) electrons. The summed E-state index contributed by atoms with van der Waals surface area (Å²) in [7, 11) is 1.99. The number of pyridine rings is 1. The van der Waals surface area contributed by atoms with Crippen molar-refractivity contribution in [2.24, 2.45) is 23.1 Å². The zero-order valence-electron chi connectivity index (χ0n) is 22.3. The number of carbonyl (C=O) groups excluding carboxylic acids is 1. The molecular weight excluding hydrogens is 436 g/mol. The lowest BCUT2D eigenvalue weighted by Gasteiger charge is -2.40. The van der Waals surface area contributed by atoms with Crippen LogP contribution in [-0.4, -0.2) is 46.7 Å². The van der Waals surface area contributed by atoms with E-state index in [4.69, 9.17) is 10.1 Å². The zero-order valence-corrected chi connectivity index (χ0v) is 22.3. The predicted molar refractivity (Wildman–Crippen MR) is 145 cm³/mol. The van der Waals surface area contributed by atoms with Crippen LogP contribution in [0.1, 0.15) is 46.6 Å². The molecule has 1 N–H and O–H groups in total. The van der Waals surface area contributed by atoms with Crippen molar-refractivity contribution < 1.29 is 4.79 Å². The summed E-state index contributed by atoms with van der Waals surface area (Å²) in [4.78, 5) is 18.8. The van der Waals surface area contributed by atoms with Gasteiger partial charge >= 0.3 is 0 Å². The molecule has 0 spiro atoms. The van der Waals surface area contributed by atoms with Crippen LogP contribution in [0, 0.1) is 12.8 Å². The number of aryl methyl sites for hydroxylation is 2. The Morgan fingerprint density at radius 1 is 1.37 bits per heavy atom. The quantitative estimate of drug-likeness (QED) is 0.473. The van der Waals surface area contributed by atoms with Crippen LogP contribution in [0.2, 0.25) is 0 Å². The lowest BCUT2D eigenvalue weighted by molar-refractivity contribution is -0.104. The topological polar surface area (TPSA) is 65.2 Å². The standard InChI is InChI=1S/C28H40N6O/c1-9-20(2)22(4)17-34-23(5)10-11-26(31-34)25(12-15-35)30-27-21(3)16-24(18-32(27)8)33-14-13-29-28(6,7)19-33/h10-12,15-18,20,29H,5,9,13-14,19H2,1-4,6-8H3/b22-17-,25-12-,30-27?. The number of aldehydes is 1. The number of piperazine rings is 1. The number of nitrogens with one attached hydrogen (secondary N) is 1. The van der Waals surface area contributed by atoms with Crippen molar-refractivity contribution in [2.75, 3.05) is 24.5 Å². The van der Waals surface area contributed by atoms with Crippen LogP contribution >= 0.6 is 0 Å². The number of allylic oxidation sites excluding steroid dienone is 4. The number of anilines is 1. The second-order valence-electron chi connectivity index (χ2n) is 10.2. The molecule has 0 aromatic carbocycles. The smallest absolute Gasteiger partial charge is 0.145 e. The lowest BCUT2D eigenvalue weighted by atomic mass is 10.0. The summed E-state index contributed by atoms with van der Waals surface area (Å²) in [6.45, 7) is 19.9. The molecule has 1 unspecified atom stereocenters. The van der Waals surface area contributed by atoms with E-state index < -0.39 is 0 Å². The SMILES string of the molecule is C=C1C=CC(/C(=C/C=O)N=c2c(C)cc(N3CCNC(C)(C)C3)cn2C)=NN1/C=C(/C)C(C)CC. The van der Waals surface area contributed by atoms with E-state index in [1.165, 1.54) is 17.3 Å². The van der Waals surface area contributed by atoms with Gasteiger partial charge in [0.05, 0.1) is 17.1 Å². The van der Waals surface area contributed by atoms with Crippen LogP contribution in [-0.2, 0) is 11.8 Å². The van der Waals surface area contributed by atoms with Crippen molar-refractivity contribution in [1.29, 1.82) is 0 Å². The Bertz CT molecular complexity index is 1140. The second-order valence-corrected chi connectivity index (χ2v) is 10.2. The minimum Gasteiger partial charge on any atom is -0.367 e. The van der Waals surface area contributed by atoms with Crippen LogP contribution in [0.4, 0.5) is 5.69 Å². The predicted octanol–water partition coefficient (Wildman–Crippen LogP) is 4.20. The van der Waals surface area contributed by atoms with Gasteiger partial charge in [0, 0.05) is 50.7 Å². The van der Waals surface area contributed by atoms with Crippen molar-refractivity contribution in [3.05, 3.63) is 71.3 Å². The molecule has 188 valence electrons. The molecule has 1 aromatic heterocycles. The van der Waals surface area contributed by atoms with E-state index in [1.54, 1.807) is 5.01 Å². The normalized spacial score (nSPS) is 20.3. The number of hydrogen-bond donors (Lipinski definition) is 1. The molecule has 3 rings (SSSR count). The van der Waals surface area contributed by atoms with Gasteiger partial charge in [-0.15, -0.1) is 0 Å². The number of hydrogen-bond acceptors (Lipinski definition) is 6. The molecule has 0 amide bonds. The minimum absolute atomic E-state index is 0.0662. The molecular formula is C28H40N6O. The van der Waals surface area contributed by atoms with Crippen LogP contribution in [0.15, 0.2) is 70.3 Å². The maximum Gasteiger partial charge on any atom is 0.145 e. The number of aromatic nitrogens is 1. The number of rotatable bonds is 7. The Labute approximate surface area is 209 Å². The Morgan fingerprint density at radius 2 is 2.11 bits per heavy atom. The summed E-state index contributed by atoms with van der Waals surface area (Å²) >= 11 is 0. The van der Waals surface area contributed by atoms with Gasteiger partial charge in [0.2, 0.25) is 0 Å². The highest BCUT2D eigenvalue weighted by molar-refractivity contribution is 6.10. The first kappa shape index (κ1) is 26.4. The van der Waals surface area contributed by atoms with Crippen LogP contribution in [0.5, 0.6) is 0 Å². The molecule has 1 fully saturated rings. The van der Waals surface area contributed by atoms with Gasteiger partial charge in [-0.25, -0.2) is 10.0 Å². The largest absolute Gasteiger partial charge is 0.367 e. The van der Waals surface area contributed by atoms with Gasteiger partial charge in [-0.1, -0.05) is 26.0 Å². The van der Waals surface area contributed by atoms with E-state index in [-0.39, 0.29) is 5.54 Å². The fourth-order valence-electron chi connectivity index (χ4n) is 4.28. The summed E-state index contributed by atoms with van der Waals surface area (Å²) in [6, 6.07) is 2.17. The maximum absolute atomic E-state index is 11.5. The molecule has 3 heterocycles. The fraction of sp³-hybridized carbons (Fsp3) is 0.464. The first-order chi connectivity index (χ1) is 16.5. The third-order valence-electron chi connectivity index (χ3n) is 6.69. The highest BCUT2D eigenvalue weighted by atomic mass is 16.1. The minimum atomic E-state index is 0.0662. The third-order valence-corrected chi connectivity index (χ3v) is 6.69. The van der Waals surface area contributed by atoms with Gasteiger partial charge in [-0.2, -0.15) is 5.10 Å². The maximum atomic E-state index is 11.5. The van der Waals surface area contributed by atoms with E-state index in [1.807, 2.05) is 30.0 Å². The zero-order chi connectivity index (χ0) is 25.8. The summed E-state index contributed by atoms with van der Waals surface area (Å²) in [6.07, 6.45) is 11.2. The highest BCUT2D eigenvalue weighted by Crippen LogP contribution is 2.22. The Morgan fingerprint density at radius 3 is 2.74 bits per heavy atom. The molecule has 7 heteroatoms. The Balaban J connectivity index is 1.99. The van der Waals surface area contributed by atoms with Crippen LogP contribution < -0.4 is 15.7 Å². The third kappa shape index (κ3) is 6.48. The first-order valence-electron chi connectivity index (χ1n) is 12.4. The Hall–Kier alpha value is -3.19. The molecule has 0 aliphatic carbocycles. The van der Waals surface area contributed by atoms with Gasteiger partial charge in [0.15, 0.2) is 0 Å². The molecule has 35 heavy (non-hydrogen) atoms. The fourth-order valence-corrected chi connectivity index (χ4v) is 4.28. The van der Waals surface area contributed by atoms with Crippen molar-refractivity contribution in [3.63, 3.8) is 0 Å². The summed E-state index contributed by atoms with van der Waals surface area (Å²) in [5.74, 6) is 0.448. The first-order valence-corrected chi connectivity index (χ1v) is 12.4. The lowest BCUT2D eigenvalue weighted by Crippen LogP contribution is -2.57. The van der Waals surface area contributed by atoms with Gasteiger partial charge in [0.1, 0.15) is 17.5 Å². The average Bonchev–Trinajstić information content (AvgIpc) is 2.80. The average molecular weight is 477 g/mol. The molecule has 7 nitrogen and oxygen atoms in total. The number of carbonyl (C=O) groups is 1. The van der Waals surface area contributed by atoms with Gasteiger partial charge in [0.25, 0.3) is 0 Å². The van der Waals surface area contributed by atoms with E-state index in [0.717, 1.165) is 49.1 Å². The number of hydrazone groups is 1. The van der Waals surface area contributed by atoms with Gasteiger partial charge in [-0.3, -0.25) is 4.79 Å². The molecule has 0 saturated carbocycles. The van der Waals surface area contributed by atoms with E-state index in [2.05, 4.69) is 70.6 Å². The summed E-state index contributed by atoms with van der Waals surface area (Å²) in [5.41, 5.74) is 6.18. The van der Waals surface area contributed by atoms with Crippen molar-refractivity contribution in [1.82, 2.24) is 14.9 Å². The summed E-state index contributed by atoms with van der Waals surface area (Å²) in [5, 5.41) is 10.1. The molecule has 1 atom stereocenters. The van der Waals surface area contributed by atoms with Crippen molar-refractivity contribution in [3.8, 4) is 0 Å². The van der Waals surface area contributed by atoms with Gasteiger partial charge < -0.3 is 14.8 Å². The molecule has 2 aliphatic rings. The second kappa shape index (κ2) is 11.0. The molecule has 2 aliphatic heterocycles. The van der Waals surface area contributed by atoms with E-state index >= 15 is 0 Å². The Kier molecular flexibility index (Phi) is 8.33. The van der Waals surface area contributed by atoms with Crippen LogP contribution in [0.25, 0.3) is 0 Å². The summed E-state index contributed by atoms with van der Waals surface area (Å²) < 4.78 is 2.02. The monoisotopic (exact) mass is 476 g/mol. The van der Waals surface area contributed by atoms with E-state index in [9.17, 15) is 4.79 Å². The molecule has 1 saturated heterocycles. The van der Waals surface area contributed by atoms with Crippen molar-refractivity contribution in [2.45, 2.75) is 53.5 Å². The van der Waals surface area contributed by atoms with E-state index in [0.29, 0.717) is 17.3 Å². The molecule has 0 bridgehead atoms. The van der Waals surface area contributed by atoms with Crippen LogP contribution in [0.3, 0.4) is 0 Å². The highest BCUT2D eigenvalue weighted by Gasteiger charge is 2.26.